The molecule has 46 heavy (non-hydrogen) atoms. The highest BCUT2D eigenvalue weighted by Crippen LogP contribution is 2.34. The Morgan fingerprint density at radius 3 is 1.80 bits per heavy atom. The quantitative estimate of drug-likeness (QED) is 0.0909. The number of nitrogens with zero attached hydrogens (tertiary/aromatic N) is 1. The van der Waals surface area contributed by atoms with Crippen molar-refractivity contribution in [3.8, 4) is 12.3 Å². The molecule has 0 spiro atoms. The van der Waals surface area contributed by atoms with Crippen molar-refractivity contribution >= 4 is 33.7 Å². The minimum atomic E-state index is -1.97. The van der Waals surface area contributed by atoms with E-state index in [9.17, 15) is 14.4 Å². The van der Waals surface area contributed by atoms with Crippen LogP contribution in [0.25, 0.3) is 21.8 Å². The van der Waals surface area contributed by atoms with E-state index in [4.69, 9.17) is 20.3 Å². The molecule has 0 amide bonds. The first-order chi connectivity index (χ1) is 22.5. The zero-order valence-corrected chi connectivity index (χ0v) is 25.1. The molecule has 0 unspecified atom stereocenters. The molecule has 0 fully saturated rings. The summed E-state index contributed by atoms with van der Waals surface area (Å²) in [4.78, 5) is 41.5. The van der Waals surface area contributed by atoms with Gasteiger partial charge in [0.05, 0.1) is 0 Å². The van der Waals surface area contributed by atoms with E-state index in [1.165, 1.54) is 0 Å². The van der Waals surface area contributed by atoms with Crippen molar-refractivity contribution < 1.29 is 23.5 Å². The Balaban J connectivity index is 1.41. The van der Waals surface area contributed by atoms with Crippen LogP contribution in [0.3, 0.4) is 0 Å². The predicted molar refractivity (Wildman–Crippen MR) is 176 cm³/mol. The van der Waals surface area contributed by atoms with Gasteiger partial charge in [-0.15, -0.1) is 12.3 Å². The monoisotopic (exact) mass is 609 g/mol. The Kier molecular flexibility index (Phi) is 8.80. The summed E-state index contributed by atoms with van der Waals surface area (Å²) in [5.41, 5.74) is 1.17. The van der Waals surface area contributed by atoms with Gasteiger partial charge in [-0.1, -0.05) is 109 Å². The van der Waals surface area contributed by atoms with Gasteiger partial charge in [-0.3, -0.25) is 9.59 Å². The maximum Gasteiger partial charge on any atom is 0.360 e. The van der Waals surface area contributed by atoms with Gasteiger partial charge in [-0.05, 0) is 28.8 Å². The zero-order chi connectivity index (χ0) is 31.9. The molecule has 7 nitrogen and oxygen atoms in total. The molecule has 0 atom stereocenters. The summed E-state index contributed by atoms with van der Waals surface area (Å²) >= 11 is 0. The van der Waals surface area contributed by atoms with Crippen molar-refractivity contribution in [2.24, 2.45) is 5.41 Å². The van der Waals surface area contributed by atoms with Crippen LogP contribution in [0.15, 0.2) is 131 Å². The fourth-order valence-corrected chi connectivity index (χ4v) is 5.70. The third-order valence-corrected chi connectivity index (χ3v) is 8.00. The first-order valence-corrected chi connectivity index (χ1v) is 14.9. The Hall–Kier alpha value is -5.87. The van der Waals surface area contributed by atoms with Crippen LogP contribution in [0.4, 0.5) is 0 Å². The number of fused-ring (bicyclic) bond motifs is 3. The third kappa shape index (κ3) is 6.19. The largest absolute Gasteiger partial charge is 0.460 e. The van der Waals surface area contributed by atoms with Crippen molar-refractivity contribution in [3.05, 3.63) is 154 Å². The fourth-order valence-electron chi connectivity index (χ4n) is 5.70. The fraction of sp³-hybridized carbons (Fsp3) is 0.154. The van der Waals surface area contributed by atoms with Crippen LogP contribution < -0.4 is 5.63 Å². The lowest BCUT2D eigenvalue weighted by Gasteiger charge is -2.27. The lowest BCUT2D eigenvalue weighted by molar-refractivity contribution is -0.174. The van der Waals surface area contributed by atoms with Gasteiger partial charge in [0.2, 0.25) is 0 Å². The van der Waals surface area contributed by atoms with Crippen molar-refractivity contribution in [1.29, 1.82) is 0 Å². The van der Waals surface area contributed by atoms with Gasteiger partial charge in [0, 0.05) is 35.7 Å². The highest BCUT2D eigenvalue weighted by Gasteiger charge is 2.49. The molecular weight excluding hydrogens is 578 g/mol. The summed E-state index contributed by atoms with van der Waals surface area (Å²) in [6.45, 7) is 0.301. The zero-order valence-electron chi connectivity index (χ0n) is 25.1. The summed E-state index contributed by atoms with van der Waals surface area (Å²) < 4.78 is 19.2. The van der Waals surface area contributed by atoms with E-state index in [0.717, 1.165) is 27.6 Å². The molecule has 0 aliphatic heterocycles. The van der Waals surface area contributed by atoms with Crippen LogP contribution in [0.2, 0.25) is 0 Å². The lowest BCUT2D eigenvalue weighted by Crippen LogP contribution is -2.44. The van der Waals surface area contributed by atoms with E-state index in [0.29, 0.717) is 17.4 Å². The van der Waals surface area contributed by atoms with E-state index < -0.39 is 23.0 Å². The summed E-state index contributed by atoms with van der Waals surface area (Å²) in [7, 11) is 0. The highest BCUT2D eigenvalue weighted by atomic mass is 16.6. The number of hydrogen-bond donors (Lipinski definition) is 0. The Morgan fingerprint density at radius 1 is 0.717 bits per heavy atom. The van der Waals surface area contributed by atoms with Gasteiger partial charge in [0.25, 0.3) is 0 Å². The number of carbonyl (C=O) groups is 2. The maximum atomic E-state index is 13.9. The van der Waals surface area contributed by atoms with Crippen molar-refractivity contribution in [3.63, 3.8) is 0 Å². The van der Waals surface area contributed by atoms with Gasteiger partial charge in [-0.25, -0.2) is 4.79 Å². The Labute approximate surface area is 266 Å². The highest BCUT2D eigenvalue weighted by molar-refractivity contribution is 6.08. The number of benzene rings is 4. The molecule has 0 radical (unpaired) electrons. The number of ether oxygens (including phenoxy) is 2. The minimum absolute atomic E-state index is 0.0755. The average molecular weight is 610 g/mol. The minimum Gasteiger partial charge on any atom is -0.460 e. The van der Waals surface area contributed by atoms with E-state index in [2.05, 4.69) is 5.92 Å². The van der Waals surface area contributed by atoms with Gasteiger partial charge in [0.1, 0.15) is 24.5 Å². The molecule has 0 saturated carbocycles. The van der Waals surface area contributed by atoms with Crippen molar-refractivity contribution in [2.45, 2.75) is 32.6 Å². The predicted octanol–water partition coefficient (Wildman–Crippen LogP) is 6.84. The summed E-state index contributed by atoms with van der Waals surface area (Å²) in [5, 5.41) is 1.48. The number of hydrogen-bond acceptors (Lipinski definition) is 6. The van der Waals surface area contributed by atoms with E-state index in [-0.39, 0.29) is 31.8 Å². The van der Waals surface area contributed by atoms with E-state index in [1.54, 1.807) is 6.07 Å². The number of rotatable bonds is 11. The van der Waals surface area contributed by atoms with Crippen LogP contribution in [-0.2, 0) is 45.2 Å². The molecule has 0 saturated heterocycles. The second-order valence-electron chi connectivity index (χ2n) is 11.1. The smallest absolute Gasteiger partial charge is 0.360 e. The molecular formula is C39H31NO6. The van der Waals surface area contributed by atoms with Gasteiger partial charge in [0.15, 0.2) is 5.41 Å². The molecule has 6 aromatic rings. The van der Waals surface area contributed by atoms with Gasteiger partial charge in [-0.2, -0.15) is 0 Å². The molecule has 228 valence electrons. The molecule has 6 rings (SSSR count). The first-order valence-electron chi connectivity index (χ1n) is 14.9. The maximum absolute atomic E-state index is 13.9. The Morgan fingerprint density at radius 2 is 1.24 bits per heavy atom. The molecule has 0 aliphatic rings. The van der Waals surface area contributed by atoms with Crippen molar-refractivity contribution in [1.82, 2.24) is 4.57 Å². The number of carbonyl (C=O) groups excluding carboxylic acids is 2. The van der Waals surface area contributed by atoms with Crippen LogP contribution in [0.5, 0.6) is 0 Å². The first kappa shape index (κ1) is 30.2. The van der Waals surface area contributed by atoms with Crippen LogP contribution in [0.1, 0.15) is 28.9 Å². The van der Waals surface area contributed by atoms with E-state index in [1.807, 2.05) is 120 Å². The summed E-state index contributed by atoms with van der Waals surface area (Å²) in [6.07, 6.45) is 5.11. The van der Waals surface area contributed by atoms with E-state index >= 15 is 0 Å². The second kappa shape index (κ2) is 13.4. The molecule has 0 N–H and O–H groups in total. The molecule has 2 aromatic heterocycles. The van der Waals surface area contributed by atoms with Crippen LogP contribution in [-0.4, -0.2) is 16.5 Å². The molecule has 7 heteroatoms. The molecule has 0 bridgehead atoms. The topological polar surface area (TPSA) is 87.7 Å². The summed E-state index contributed by atoms with van der Waals surface area (Å²) in [5.74, 6) is 0.870. The number of para-hydroxylation sites is 1. The molecule has 2 heterocycles. The molecule has 4 aromatic carbocycles. The van der Waals surface area contributed by atoms with Crippen LogP contribution in [0, 0.1) is 17.8 Å². The average Bonchev–Trinajstić information content (AvgIpc) is 3.40. The Bertz CT molecular complexity index is 2030. The van der Waals surface area contributed by atoms with Gasteiger partial charge < -0.3 is 18.5 Å². The number of terminal acetylenes is 1. The lowest BCUT2D eigenvalue weighted by atomic mass is 9.80. The second-order valence-corrected chi connectivity index (χ2v) is 11.1. The SMILES string of the molecule is C#CCC(Cc1cc2c3ccccc3n(Cc3ccccc3)c2c(=O)o1)(C(=O)OCc1ccccc1)C(=O)OCc1ccccc1. The normalized spacial score (nSPS) is 11.3. The number of aromatic nitrogens is 1. The van der Waals surface area contributed by atoms with Gasteiger partial charge >= 0.3 is 17.6 Å². The standard InChI is InChI=1S/C39H31NO6/c1-2-22-39(37(42)44-26-29-16-8-4-9-17-29,38(43)45-27-30-18-10-5-11-19-30)24-31-23-33-32-20-12-13-21-34(32)40(35(33)36(41)46-31)25-28-14-6-3-7-15-28/h1,3-21,23H,22,24-27H2. The third-order valence-electron chi connectivity index (χ3n) is 8.00. The summed E-state index contributed by atoms with van der Waals surface area (Å²) in [6, 6.07) is 37.4. The van der Waals surface area contributed by atoms with Crippen molar-refractivity contribution in [2.75, 3.05) is 0 Å². The molecule has 0 aliphatic carbocycles. The van der Waals surface area contributed by atoms with Crippen LogP contribution >= 0.6 is 0 Å². The number of esters is 2.